The van der Waals surface area contributed by atoms with Crippen molar-refractivity contribution in [2.24, 2.45) is 0 Å². The molecule has 2 amide bonds. The topological polar surface area (TPSA) is 79.6 Å². The van der Waals surface area contributed by atoms with Crippen LogP contribution in [-0.4, -0.2) is 23.8 Å². The van der Waals surface area contributed by atoms with Gasteiger partial charge in [-0.3, -0.25) is 14.5 Å². The quantitative estimate of drug-likeness (QED) is 0.341. The summed E-state index contributed by atoms with van der Waals surface area (Å²) in [5.74, 6) is -0.666. The highest BCUT2D eigenvalue weighted by molar-refractivity contribution is 6.19. The van der Waals surface area contributed by atoms with Gasteiger partial charge in [-0.2, -0.15) is 5.26 Å². The Morgan fingerprint density at radius 3 is 2.39 bits per heavy atom. The number of ether oxygens (including phenoxy) is 2. The van der Waals surface area contributed by atoms with Gasteiger partial charge >= 0.3 is 0 Å². The summed E-state index contributed by atoms with van der Waals surface area (Å²) in [6.45, 7) is 1.66. The highest BCUT2D eigenvalue weighted by atomic mass is 19.1. The third kappa shape index (κ3) is 5.03. The average molecular weight is 483 g/mol. The van der Waals surface area contributed by atoms with Crippen LogP contribution >= 0.6 is 0 Å². The van der Waals surface area contributed by atoms with Crippen molar-refractivity contribution in [2.75, 3.05) is 7.11 Å². The Morgan fingerprint density at radius 1 is 0.972 bits per heavy atom. The number of carbonyl (C=O) groups excluding carboxylic acids is 2. The molecule has 180 valence electrons. The van der Waals surface area contributed by atoms with E-state index in [4.69, 9.17) is 9.47 Å². The molecule has 1 aliphatic heterocycles. The minimum Gasteiger partial charge on any atom is -0.493 e. The van der Waals surface area contributed by atoms with E-state index in [-0.39, 0.29) is 30.1 Å². The molecule has 1 aliphatic rings. The number of carbonyl (C=O) groups is 2. The molecule has 1 heterocycles. The van der Waals surface area contributed by atoms with E-state index in [0.29, 0.717) is 28.2 Å². The molecule has 0 N–H and O–H groups in total. The number of hydrogen-bond acceptors (Lipinski definition) is 5. The monoisotopic (exact) mass is 482 g/mol. The Hall–Kier alpha value is -4.70. The molecule has 4 rings (SSSR count). The van der Waals surface area contributed by atoms with Gasteiger partial charge in [-0.1, -0.05) is 54.6 Å². The fourth-order valence-electron chi connectivity index (χ4n) is 3.87. The Bertz CT molecular complexity index is 1420. The van der Waals surface area contributed by atoms with Crippen molar-refractivity contribution in [2.45, 2.75) is 20.1 Å². The minimum absolute atomic E-state index is 0.0197. The Morgan fingerprint density at radius 2 is 1.69 bits per heavy atom. The molecule has 3 aromatic rings. The summed E-state index contributed by atoms with van der Waals surface area (Å²) < 4.78 is 25.1. The van der Waals surface area contributed by atoms with E-state index in [9.17, 15) is 19.2 Å². The van der Waals surface area contributed by atoms with Crippen molar-refractivity contribution >= 4 is 17.9 Å². The van der Waals surface area contributed by atoms with Crippen LogP contribution in [0.4, 0.5) is 4.39 Å². The van der Waals surface area contributed by atoms with Gasteiger partial charge in [0.15, 0.2) is 11.5 Å². The van der Waals surface area contributed by atoms with Crippen LogP contribution in [0, 0.1) is 17.1 Å². The minimum atomic E-state index is -0.615. The van der Waals surface area contributed by atoms with Gasteiger partial charge in [0.1, 0.15) is 24.1 Å². The summed E-state index contributed by atoms with van der Waals surface area (Å²) in [6.07, 6.45) is 1.61. The molecule has 0 bridgehead atoms. The van der Waals surface area contributed by atoms with Gasteiger partial charge in [0.05, 0.1) is 13.7 Å². The van der Waals surface area contributed by atoms with Crippen LogP contribution in [0.3, 0.4) is 0 Å². The lowest BCUT2D eigenvalue weighted by molar-refractivity contribution is -0.141. The SMILES string of the molecule is COc1cc(/C=C2/C(=O)N(Cc3ccccc3)C(=O)C(C#N)=C2C)ccc1OCc1ccccc1F. The predicted molar refractivity (Wildman–Crippen MR) is 132 cm³/mol. The van der Waals surface area contributed by atoms with Crippen molar-refractivity contribution in [3.63, 3.8) is 0 Å². The maximum Gasteiger partial charge on any atom is 0.271 e. The summed E-state index contributed by atoms with van der Waals surface area (Å²) >= 11 is 0. The molecule has 0 unspecified atom stereocenters. The van der Waals surface area contributed by atoms with E-state index in [1.807, 2.05) is 36.4 Å². The third-order valence-electron chi connectivity index (χ3n) is 5.85. The first-order valence-electron chi connectivity index (χ1n) is 11.2. The predicted octanol–water partition coefficient (Wildman–Crippen LogP) is 5.21. The molecule has 0 aromatic heterocycles. The van der Waals surface area contributed by atoms with Crippen molar-refractivity contribution < 1.29 is 23.5 Å². The second-order valence-electron chi connectivity index (χ2n) is 8.14. The first-order valence-corrected chi connectivity index (χ1v) is 11.2. The van der Waals surface area contributed by atoms with E-state index < -0.39 is 11.8 Å². The third-order valence-corrected chi connectivity index (χ3v) is 5.85. The van der Waals surface area contributed by atoms with Crippen LogP contribution in [0.25, 0.3) is 6.08 Å². The van der Waals surface area contributed by atoms with E-state index >= 15 is 0 Å². The number of imide groups is 1. The second-order valence-corrected chi connectivity index (χ2v) is 8.14. The lowest BCUT2D eigenvalue weighted by atomic mass is 9.93. The van der Waals surface area contributed by atoms with Crippen LogP contribution < -0.4 is 9.47 Å². The molecule has 3 aromatic carbocycles. The highest BCUT2D eigenvalue weighted by Gasteiger charge is 2.35. The Kier molecular flexibility index (Phi) is 7.26. The lowest BCUT2D eigenvalue weighted by Crippen LogP contribution is -2.42. The van der Waals surface area contributed by atoms with E-state index in [2.05, 4.69) is 0 Å². The normalized spacial score (nSPS) is 14.7. The first kappa shape index (κ1) is 24.4. The molecule has 7 heteroatoms. The number of rotatable bonds is 7. The van der Waals surface area contributed by atoms with Crippen LogP contribution in [0.1, 0.15) is 23.6 Å². The molecular formula is C29H23FN2O4. The number of amides is 2. The van der Waals surface area contributed by atoms with Crippen LogP contribution in [0.2, 0.25) is 0 Å². The number of hydrogen-bond donors (Lipinski definition) is 0. The van der Waals surface area contributed by atoms with Crippen LogP contribution in [0.5, 0.6) is 11.5 Å². The van der Waals surface area contributed by atoms with Gasteiger partial charge in [-0.25, -0.2) is 4.39 Å². The summed E-state index contributed by atoms with van der Waals surface area (Å²) in [6, 6.07) is 22.4. The van der Waals surface area contributed by atoms with Gasteiger partial charge in [-0.15, -0.1) is 0 Å². The number of benzene rings is 3. The second kappa shape index (κ2) is 10.7. The van der Waals surface area contributed by atoms with E-state index in [0.717, 1.165) is 10.5 Å². The molecule has 0 saturated carbocycles. The van der Waals surface area contributed by atoms with Crippen molar-refractivity contribution in [3.8, 4) is 17.6 Å². The summed E-state index contributed by atoms with van der Waals surface area (Å²) in [5, 5.41) is 9.62. The number of nitrogens with zero attached hydrogens (tertiary/aromatic N) is 2. The summed E-state index contributed by atoms with van der Waals surface area (Å²) in [5.41, 5.74) is 2.27. The molecular weight excluding hydrogens is 459 g/mol. The zero-order chi connectivity index (χ0) is 25.7. The van der Waals surface area contributed by atoms with Gasteiger partial charge in [0.25, 0.3) is 11.8 Å². The molecule has 6 nitrogen and oxygen atoms in total. The molecule has 0 radical (unpaired) electrons. The van der Waals surface area contributed by atoms with E-state index in [1.54, 1.807) is 49.4 Å². The Balaban J connectivity index is 1.64. The molecule has 0 atom stereocenters. The standard InChI is InChI=1S/C29H23FN2O4/c1-19-23(28(33)32(29(34)24(19)16-31)17-20-8-4-3-5-9-20)14-21-12-13-26(27(15-21)35-2)36-18-22-10-6-7-11-25(22)30/h3-15H,17-18H2,1-2H3/b23-14+. The largest absolute Gasteiger partial charge is 0.493 e. The summed E-state index contributed by atoms with van der Waals surface area (Å²) in [4.78, 5) is 27.3. The van der Waals surface area contributed by atoms with Crippen LogP contribution in [0.15, 0.2) is 89.5 Å². The van der Waals surface area contributed by atoms with Crippen molar-refractivity contribution in [1.82, 2.24) is 4.90 Å². The number of nitriles is 1. The lowest BCUT2D eigenvalue weighted by Gasteiger charge is -2.27. The molecule has 0 aliphatic carbocycles. The van der Waals surface area contributed by atoms with Crippen molar-refractivity contribution in [1.29, 1.82) is 5.26 Å². The fourth-order valence-corrected chi connectivity index (χ4v) is 3.87. The zero-order valence-corrected chi connectivity index (χ0v) is 19.8. The molecule has 0 fully saturated rings. The molecule has 36 heavy (non-hydrogen) atoms. The molecule has 0 saturated heterocycles. The number of halogens is 1. The van der Waals surface area contributed by atoms with Gasteiger partial charge < -0.3 is 9.47 Å². The van der Waals surface area contributed by atoms with Gasteiger partial charge in [0, 0.05) is 11.1 Å². The Labute approximate surface area is 208 Å². The van der Waals surface area contributed by atoms with Crippen LogP contribution in [-0.2, 0) is 22.7 Å². The number of methoxy groups -OCH3 is 1. The summed E-state index contributed by atoms with van der Waals surface area (Å²) in [7, 11) is 1.48. The fraction of sp³-hybridized carbons (Fsp3) is 0.138. The highest BCUT2D eigenvalue weighted by Crippen LogP contribution is 2.32. The maximum absolute atomic E-state index is 13.9. The van der Waals surface area contributed by atoms with E-state index in [1.165, 1.54) is 13.2 Å². The van der Waals surface area contributed by atoms with Gasteiger partial charge in [-0.05, 0) is 47.9 Å². The smallest absolute Gasteiger partial charge is 0.271 e. The molecule has 0 spiro atoms. The zero-order valence-electron chi connectivity index (χ0n) is 19.8. The maximum atomic E-state index is 13.9. The first-order chi connectivity index (χ1) is 17.4. The average Bonchev–Trinajstić information content (AvgIpc) is 2.90. The van der Waals surface area contributed by atoms with Gasteiger partial charge in [0.2, 0.25) is 0 Å². The van der Waals surface area contributed by atoms with Crippen molar-refractivity contribution in [3.05, 3.63) is 112 Å².